The predicted molar refractivity (Wildman–Crippen MR) is 46.7 cm³/mol. The molecule has 0 saturated carbocycles. The van der Waals surface area contributed by atoms with Crippen molar-refractivity contribution < 1.29 is 0 Å². The lowest BCUT2D eigenvalue weighted by atomic mass is 10.2. The van der Waals surface area contributed by atoms with E-state index < -0.39 is 0 Å². The summed E-state index contributed by atoms with van der Waals surface area (Å²) in [5.74, 6) is 0. The van der Waals surface area contributed by atoms with Crippen LogP contribution < -0.4 is 0 Å². The summed E-state index contributed by atoms with van der Waals surface area (Å²) in [6, 6.07) is 2.08. The summed E-state index contributed by atoms with van der Waals surface area (Å²) in [6.45, 7) is 5.83. The molecule has 9 heavy (non-hydrogen) atoms. The van der Waals surface area contributed by atoms with Crippen molar-refractivity contribution in [2.75, 3.05) is 0 Å². The van der Waals surface area contributed by atoms with Gasteiger partial charge in [-0.2, -0.15) is 0 Å². The van der Waals surface area contributed by atoms with Crippen molar-refractivity contribution in [3.63, 3.8) is 0 Å². The molecule has 0 bridgehead atoms. The van der Waals surface area contributed by atoms with Gasteiger partial charge in [-0.1, -0.05) is 12.2 Å². The Morgan fingerprint density at radius 2 is 2.44 bits per heavy atom. The number of rotatable bonds is 1. The standard InChI is InChI=1S/C7H7BrS/c1-5(2)6-3-7(8)9-4-6/h3-4H,1H2,2H3. The molecule has 0 unspecified atom stereocenters. The molecule has 48 valence electrons. The van der Waals surface area contributed by atoms with Crippen LogP contribution in [-0.2, 0) is 0 Å². The third-order valence-electron chi connectivity index (χ3n) is 1.06. The topological polar surface area (TPSA) is 0 Å². The van der Waals surface area contributed by atoms with Crippen LogP contribution in [0.5, 0.6) is 0 Å². The van der Waals surface area contributed by atoms with Gasteiger partial charge in [0.2, 0.25) is 0 Å². The maximum atomic E-state index is 3.82. The van der Waals surface area contributed by atoms with E-state index in [1.165, 1.54) is 9.35 Å². The van der Waals surface area contributed by atoms with E-state index in [4.69, 9.17) is 0 Å². The van der Waals surface area contributed by atoms with Crippen LogP contribution in [0, 0.1) is 0 Å². The van der Waals surface area contributed by atoms with Crippen LogP contribution in [0.15, 0.2) is 21.8 Å². The van der Waals surface area contributed by atoms with Crippen molar-refractivity contribution in [1.29, 1.82) is 0 Å². The number of hydrogen-bond acceptors (Lipinski definition) is 1. The molecule has 1 aromatic heterocycles. The van der Waals surface area contributed by atoms with Gasteiger partial charge < -0.3 is 0 Å². The summed E-state index contributed by atoms with van der Waals surface area (Å²) in [5.41, 5.74) is 2.35. The molecule has 1 rings (SSSR count). The van der Waals surface area contributed by atoms with Gasteiger partial charge in [0.15, 0.2) is 0 Å². The van der Waals surface area contributed by atoms with Crippen molar-refractivity contribution in [3.8, 4) is 0 Å². The smallest absolute Gasteiger partial charge is 0.0704 e. The Labute approximate surface area is 67.3 Å². The lowest BCUT2D eigenvalue weighted by molar-refractivity contribution is 1.68. The fraction of sp³-hybridized carbons (Fsp3) is 0.143. The van der Waals surface area contributed by atoms with Crippen LogP contribution in [0.2, 0.25) is 0 Å². The van der Waals surface area contributed by atoms with Crippen molar-refractivity contribution in [2.45, 2.75) is 6.92 Å². The van der Waals surface area contributed by atoms with E-state index in [0.717, 1.165) is 5.57 Å². The summed E-state index contributed by atoms with van der Waals surface area (Å²) in [7, 11) is 0. The van der Waals surface area contributed by atoms with E-state index in [1.807, 2.05) is 6.92 Å². The SMILES string of the molecule is C=C(C)c1csc(Br)c1. The minimum absolute atomic E-state index is 1.12. The van der Waals surface area contributed by atoms with Crippen LogP contribution in [0.4, 0.5) is 0 Å². The first kappa shape index (κ1) is 7.03. The highest BCUT2D eigenvalue weighted by molar-refractivity contribution is 9.11. The Bertz CT molecular complexity index is 225. The van der Waals surface area contributed by atoms with E-state index >= 15 is 0 Å². The molecule has 0 aromatic carbocycles. The summed E-state index contributed by atoms with van der Waals surface area (Å²) in [6.07, 6.45) is 0. The molecule has 0 aliphatic carbocycles. The second-order valence-corrected chi connectivity index (χ2v) is 4.21. The Kier molecular flexibility index (Phi) is 2.09. The van der Waals surface area contributed by atoms with Crippen molar-refractivity contribution in [3.05, 3.63) is 27.4 Å². The van der Waals surface area contributed by atoms with Crippen molar-refractivity contribution in [2.24, 2.45) is 0 Å². The Hall–Kier alpha value is -0.0800. The molecule has 2 heteroatoms. The molecular weight excluding hydrogens is 196 g/mol. The largest absolute Gasteiger partial charge is 0.136 e. The maximum Gasteiger partial charge on any atom is 0.0704 e. The first-order chi connectivity index (χ1) is 4.20. The molecule has 0 aliphatic rings. The van der Waals surface area contributed by atoms with Gasteiger partial charge >= 0.3 is 0 Å². The van der Waals surface area contributed by atoms with E-state index in [0.29, 0.717) is 0 Å². The van der Waals surface area contributed by atoms with Gasteiger partial charge in [0.1, 0.15) is 0 Å². The van der Waals surface area contributed by atoms with E-state index in [-0.39, 0.29) is 0 Å². The fourth-order valence-corrected chi connectivity index (χ4v) is 1.76. The summed E-state index contributed by atoms with van der Waals surface area (Å²) in [5, 5.41) is 2.09. The lowest BCUT2D eigenvalue weighted by Gasteiger charge is -1.87. The molecule has 0 atom stereocenters. The summed E-state index contributed by atoms with van der Waals surface area (Å²) in [4.78, 5) is 0. The second-order valence-electron chi connectivity index (χ2n) is 1.92. The average Bonchev–Trinajstić information content (AvgIpc) is 2.14. The van der Waals surface area contributed by atoms with Crippen LogP contribution in [0.1, 0.15) is 12.5 Å². The molecule has 1 aromatic rings. The zero-order chi connectivity index (χ0) is 6.85. The maximum absolute atomic E-state index is 3.82. The zero-order valence-corrected chi connectivity index (χ0v) is 7.55. The van der Waals surface area contributed by atoms with Gasteiger partial charge in [-0.25, -0.2) is 0 Å². The Morgan fingerprint density at radius 1 is 1.78 bits per heavy atom. The number of halogens is 1. The first-order valence-corrected chi connectivity index (χ1v) is 4.27. The van der Waals surface area contributed by atoms with E-state index in [2.05, 4.69) is 34.0 Å². The lowest BCUT2D eigenvalue weighted by Crippen LogP contribution is -1.65. The van der Waals surface area contributed by atoms with E-state index in [1.54, 1.807) is 11.3 Å². The van der Waals surface area contributed by atoms with Gasteiger partial charge in [-0.05, 0) is 39.9 Å². The third-order valence-corrected chi connectivity index (χ3v) is 2.56. The number of hydrogen-bond donors (Lipinski definition) is 0. The van der Waals surface area contributed by atoms with E-state index in [9.17, 15) is 0 Å². The predicted octanol–water partition coefficient (Wildman–Crippen LogP) is 3.54. The monoisotopic (exact) mass is 202 g/mol. The minimum Gasteiger partial charge on any atom is -0.136 e. The normalized spacial score (nSPS) is 9.56. The summed E-state index contributed by atoms with van der Waals surface area (Å²) < 4.78 is 1.17. The molecule has 0 radical (unpaired) electrons. The summed E-state index contributed by atoms with van der Waals surface area (Å²) >= 11 is 5.07. The molecule has 0 fully saturated rings. The first-order valence-electron chi connectivity index (χ1n) is 2.60. The van der Waals surface area contributed by atoms with Gasteiger partial charge in [0.25, 0.3) is 0 Å². The van der Waals surface area contributed by atoms with Gasteiger partial charge in [-0.15, -0.1) is 11.3 Å². The molecule has 0 amide bonds. The van der Waals surface area contributed by atoms with Gasteiger partial charge in [0, 0.05) is 0 Å². The molecule has 0 spiro atoms. The molecule has 1 heterocycles. The molecule has 0 saturated heterocycles. The van der Waals surface area contributed by atoms with Crippen molar-refractivity contribution in [1.82, 2.24) is 0 Å². The average molecular weight is 203 g/mol. The molecule has 0 aliphatic heterocycles. The highest BCUT2D eigenvalue weighted by Gasteiger charge is 1.94. The van der Waals surface area contributed by atoms with Gasteiger partial charge in [-0.3, -0.25) is 0 Å². The number of thiophene rings is 1. The van der Waals surface area contributed by atoms with Crippen molar-refractivity contribution >= 4 is 32.8 Å². The highest BCUT2D eigenvalue weighted by Crippen LogP contribution is 2.24. The van der Waals surface area contributed by atoms with Gasteiger partial charge in [0.05, 0.1) is 3.79 Å². The van der Waals surface area contributed by atoms with Crippen LogP contribution in [-0.4, -0.2) is 0 Å². The second kappa shape index (κ2) is 2.67. The number of allylic oxidation sites excluding steroid dienone is 1. The Morgan fingerprint density at radius 3 is 2.67 bits per heavy atom. The van der Waals surface area contributed by atoms with Crippen LogP contribution >= 0.6 is 27.3 Å². The third kappa shape index (κ3) is 1.66. The quantitative estimate of drug-likeness (QED) is 0.654. The highest BCUT2D eigenvalue weighted by atomic mass is 79.9. The Balaban J connectivity index is 2.98. The van der Waals surface area contributed by atoms with Crippen LogP contribution in [0.25, 0.3) is 5.57 Å². The molecular formula is C7H7BrS. The minimum atomic E-state index is 1.12. The molecule has 0 N–H and O–H groups in total. The fourth-order valence-electron chi connectivity index (χ4n) is 0.534. The zero-order valence-electron chi connectivity index (χ0n) is 5.15. The molecule has 0 nitrogen and oxygen atoms in total. The van der Waals surface area contributed by atoms with Crippen LogP contribution in [0.3, 0.4) is 0 Å².